The molecular weight excluding hydrogens is 286 g/mol. The largest absolute Gasteiger partial charge is 0.444 e. The minimum atomic E-state index is -0.527. The average molecular weight is 315 g/mol. The Morgan fingerprint density at radius 3 is 2.09 bits per heavy atom. The summed E-state index contributed by atoms with van der Waals surface area (Å²) in [7, 11) is 0. The Bertz CT molecular complexity index is 399. The third-order valence-corrected chi connectivity index (χ3v) is 2.95. The second-order valence-corrected chi connectivity index (χ2v) is 7.55. The Morgan fingerprint density at radius 1 is 1.00 bits per heavy atom. The Balaban J connectivity index is 2.40. The Morgan fingerprint density at radius 2 is 1.55 bits per heavy atom. The van der Waals surface area contributed by atoms with Crippen molar-refractivity contribution < 1.29 is 19.1 Å². The van der Waals surface area contributed by atoms with Gasteiger partial charge >= 0.3 is 12.2 Å². The quantitative estimate of drug-likeness (QED) is 0.736. The van der Waals surface area contributed by atoms with Crippen LogP contribution in [0.4, 0.5) is 9.59 Å². The highest BCUT2D eigenvalue weighted by Gasteiger charge is 2.30. The molecule has 1 saturated heterocycles. The van der Waals surface area contributed by atoms with Crippen LogP contribution in [0.5, 0.6) is 0 Å². The smallest absolute Gasteiger partial charge is 0.407 e. The van der Waals surface area contributed by atoms with Gasteiger partial charge in [0.2, 0.25) is 0 Å². The SMILES string of the molecule is CC(C)(C)OC(=O)NC[C@@H]1CNC[C@@H]1NC(=O)OC(C)(C)C. The minimum absolute atomic E-state index is 0.0789. The van der Waals surface area contributed by atoms with E-state index in [1.807, 2.05) is 41.5 Å². The Hall–Kier alpha value is -1.50. The molecule has 0 saturated carbocycles. The molecule has 0 bridgehead atoms. The van der Waals surface area contributed by atoms with Crippen molar-refractivity contribution in [3.8, 4) is 0 Å². The Labute approximate surface area is 132 Å². The van der Waals surface area contributed by atoms with Crippen LogP contribution in [0.1, 0.15) is 41.5 Å². The van der Waals surface area contributed by atoms with Gasteiger partial charge in [-0.1, -0.05) is 0 Å². The number of hydrogen-bond acceptors (Lipinski definition) is 5. The van der Waals surface area contributed by atoms with Gasteiger partial charge in [-0.2, -0.15) is 0 Å². The fourth-order valence-electron chi connectivity index (χ4n) is 2.10. The van der Waals surface area contributed by atoms with Crippen LogP contribution in [0.2, 0.25) is 0 Å². The normalized spacial score (nSPS) is 22.1. The number of alkyl carbamates (subject to hydrolysis) is 2. The maximum Gasteiger partial charge on any atom is 0.407 e. The number of carbonyl (C=O) groups is 2. The van der Waals surface area contributed by atoms with E-state index in [0.717, 1.165) is 6.54 Å². The van der Waals surface area contributed by atoms with Crippen molar-refractivity contribution in [2.75, 3.05) is 19.6 Å². The van der Waals surface area contributed by atoms with E-state index < -0.39 is 23.4 Å². The molecule has 0 radical (unpaired) electrons. The first-order valence-electron chi connectivity index (χ1n) is 7.63. The molecule has 7 nitrogen and oxygen atoms in total. The summed E-state index contributed by atoms with van der Waals surface area (Å²) in [6.07, 6.45) is -0.890. The van der Waals surface area contributed by atoms with Crippen LogP contribution in [0, 0.1) is 5.92 Å². The molecule has 0 aromatic heterocycles. The molecule has 1 aliphatic heterocycles. The van der Waals surface area contributed by atoms with E-state index in [-0.39, 0.29) is 12.0 Å². The Kier molecular flexibility index (Phi) is 6.05. The van der Waals surface area contributed by atoms with Gasteiger partial charge in [-0.25, -0.2) is 9.59 Å². The molecule has 0 aliphatic carbocycles. The van der Waals surface area contributed by atoms with E-state index in [1.165, 1.54) is 0 Å². The molecule has 7 heteroatoms. The number of nitrogens with one attached hydrogen (secondary N) is 3. The van der Waals surface area contributed by atoms with E-state index in [0.29, 0.717) is 13.1 Å². The van der Waals surface area contributed by atoms with Crippen molar-refractivity contribution in [1.29, 1.82) is 0 Å². The summed E-state index contributed by atoms with van der Waals surface area (Å²) in [6.45, 7) is 12.7. The second-order valence-electron chi connectivity index (χ2n) is 7.55. The number of hydrogen-bond donors (Lipinski definition) is 3. The summed E-state index contributed by atoms with van der Waals surface area (Å²) < 4.78 is 10.4. The maximum absolute atomic E-state index is 11.8. The molecule has 2 atom stereocenters. The van der Waals surface area contributed by atoms with Crippen molar-refractivity contribution in [1.82, 2.24) is 16.0 Å². The molecule has 1 fully saturated rings. The average Bonchev–Trinajstić information content (AvgIpc) is 2.68. The highest BCUT2D eigenvalue weighted by molar-refractivity contribution is 5.68. The molecule has 0 spiro atoms. The molecule has 0 aromatic carbocycles. The van der Waals surface area contributed by atoms with Crippen LogP contribution in [0.3, 0.4) is 0 Å². The zero-order valence-corrected chi connectivity index (χ0v) is 14.4. The van der Waals surface area contributed by atoms with E-state index in [2.05, 4.69) is 16.0 Å². The predicted octanol–water partition coefficient (Wildman–Crippen LogP) is 1.62. The standard InChI is InChI=1S/C15H29N3O4/c1-14(2,3)21-12(19)17-8-10-7-16-9-11(10)18-13(20)22-15(4,5)6/h10-11,16H,7-9H2,1-6H3,(H,17,19)(H,18,20)/t10-,11-/m0/s1. The predicted molar refractivity (Wildman–Crippen MR) is 83.8 cm³/mol. The summed E-state index contributed by atoms with van der Waals surface area (Å²) in [5, 5.41) is 8.78. The van der Waals surface area contributed by atoms with Gasteiger partial charge < -0.3 is 25.4 Å². The molecule has 22 heavy (non-hydrogen) atoms. The van der Waals surface area contributed by atoms with Crippen molar-refractivity contribution in [2.24, 2.45) is 5.92 Å². The first-order chi connectivity index (χ1) is 9.96. The van der Waals surface area contributed by atoms with E-state index in [4.69, 9.17) is 9.47 Å². The summed E-state index contributed by atoms with van der Waals surface area (Å²) in [5.41, 5.74) is -1.05. The number of ether oxygens (including phenoxy) is 2. The van der Waals surface area contributed by atoms with Gasteiger partial charge in [0.25, 0.3) is 0 Å². The number of amides is 2. The third-order valence-electron chi connectivity index (χ3n) is 2.95. The fourth-order valence-corrected chi connectivity index (χ4v) is 2.10. The van der Waals surface area contributed by atoms with Crippen LogP contribution in [0.15, 0.2) is 0 Å². The first-order valence-corrected chi connectivity index (χ1v) is 7.63. The second kappa shape index (κ2) is 7.17. The van der Waals surface area contributed by atoms with Gasteiger partial charge in [-0.3, -0.25) is 0 Å². The maximum atomic E-state index is 11.8. The van der Waals surface area contributed by atoms with Gasteiger partial charge in [0.05, 0.1) is 6.04 Å². The van der Waals surface area contributed by atoms with Crippen LogP contribution in [0.25, 0.3) is 0 Å². The zero-order valence-electron chi connectivity index (χ0n) is 14.4. The topological polar surface area (TPSA) is 88.7 Å². The zero-order chi connectivity index (χ0) is 17.0. The summed E-state index contributed by atoms with van der Waals surface area (Å²) in [4.78, 5) is 23.5. The first kappa shape index (κ1) is 18.5. The lowest BCUT2D eigenvalue weighted by atomic mass is 10.0. The highest BCUT2D eigenvalue weighted by Crippen LogP contribution is 2.12. The third kappa shape index (κ3) is 7.49. The van der Waals surface area contributed by atoms with Crippen LogP contribution < -0.4 is 16.0 Å². The lowest BCUT2D eigenvalue weighted by Gasteiger charge is -2.25. The van der Waals surface area contributed by atoms with Gasteiger partial charge in [0.1, 0.15) is 11.2 Å². The van der Waals surface area contributed by atoms with Gasteiger partial charge in [-0.15, -0.1) is 0 Å². The fraction of sp³-hybridized carbons (Fsp3) is 0.867. The molecule has 0 unspecified atom stereocenters. The van der Waals surface area contributed by atoms with E-state index in [9.17, 15) is 9.59 Å². The van der Waals surface area contributed by atoms with Gasteiger partial charge in [0, 0.05) is 25.6 Å². The molecular formula is C15H29N3O4. The van der Waals surface area contributed by atoms with Crippen molar-refractivity contribution in [2.45, 2.75) is 58.8 Å². The van der Waals surface area contributed by atoms with E-state index in [1.54, 1.807) is 0 Å². The van der Waals surface area contributed by atoms with Crippen molar-refractivity contribution in [3.63, 3.8) is 0 Å². The van der Waals surface area contributed by atoms with E-state index >= 15 is 0 Å². The summed E-state index contributed by atoms with van der Waals surface area (Å²) in [5.74, 6) is 0.0973. The molecule has 2 amide bonds. The highest BCUT2D eigenvalue weighted by atomic mass is 16.6. The number of rotatable bonds is 3. The lowest BCUT2D eigenvalue weighted by Crippen LogP contribution is -2.46. The van der Waals surface area contributed by atoms with Crippen LogP contribution in [-0.2, 0) is 9.47 Å². The molecule has 3 N–H and O–H groups in total. The number of carbonyl (C=O) groups excluding carboxylic acids is 2. The molecule has 1 heterocycles. The summed E-state index contributed by atoms with van der Waals surface area (Å²) >= 11 is 0. The van der Waals surface area contributed by atoms with Crippen LogP contribution >= 0.6 is 0 Å². The molecule has 0 aromatic rings. The minimum Gasteiger partial charge on any atom is -0.444 e. The monoisotopic (exact) mass is 315 g/mol. The lowest BCUT2D eigenvalue weighted by molar-refractivity contribution is 0.0491. The van der Waals surface area contributed by atoms with Gasteiger partial charge in [0.15, 0.2) is 0 Å². The van der Waals surface area contributed by atoms with Crippen LogP contribution in [-0.4, -0.2) is 49.1 Å². The summed E-state index contributed by atoms with van der Waals surface area (Å²) in [6, 6.07) is -0.0789. The molecule has 128 valence electrons. The van der Waals surface area contributed by atoms with Crippen molar-refractivity contribution in [3.05, 3.63) is 0 Å². The molecule has 1 rings (SSSR count). The molecule has 1 aliphatic rings. The van der Waals surface area contributed by atoms with Crippen molar-refractivity contribution >= 4 is 12.2 Å². The van der Waals surface area contributed by atoms with Gasteiger partial charge in [-0.05, 0) is 41.5 Å².